The zero-order valence-electron chi connectivity index (χ0n) is 6.14. The van der Waals surface area contributed by atoms with E-state index in [1.54, 1.807) is 18.3 Å². The first-order chi connectivity index (χ1) is 5.79. The number of nitrogens with zero attached hydrogens (tertiary/aromatic N) is 2. The van der Waals surface area contributed by atoms with E-state index in [1.807, 2.05) is 6.07 Å². The highest BCUT2D eigenvalue weighted by atomic mass is 16.8. The van der Waals surface area contributed by atoms with Gasteiger partial charge in [-0.15, -0.1) is 0 Å². The average Bonchev–Trinajstić information content (AvgIpc) is 2.47. The molecule has 1 atom stereocenters. The first-order valence-corrected chi connectivity index (χ1v) is 3.44. The number of rotatable bonds is 1. The van der Waals surface area contributed by atoms with Gasteiger partial charge in [0.05, 0.1) is 0 Å². The molecule has 12 heavy (non-hydrogen) atoms. The number of aromatic nitrogens is 2. The Morgan fingerprint density at radius 3 is 3.08 bits per heavy atom. The van der Waals surface area contributed by atoms with Gasteiger partial charge in [0.2, 0.25) is 0 Å². The van der Waals surface area contributed by atoms with Crippen LogP contribution in [-0.4, -0.2) is 14.6 Å². The smallest absolute Gasteiger partial charge is 0.263 e. The zero-order valence-corrected chi connectivity index (χ0v) is 6.14. The van der Waals surface area contributed by atoms with Crippen molar-refractivity contribution in [3.05, 3.63) is 35.8 Å². The first-order valence-electron chi connectivity index (χ1n) is 3.44. The van der Waals surface area contributed by atoms with E-state index in [0.717, 1.165) is 0 Å². The van der Waals surface area contributed by atoms with Crippen LogP contribution in [0.25, 0.3) is 5.65 Å². The molecule has 5 heteroatoms. The number of quaternary nitrogens is 1. The maximum absolute atomic E-state index is 10.6. The Morgan fingerprint density at radius 1 is 1.50 bits per heavy atom. The van der Waals surface area contributed by atoms with Crippen molar-refractivity contribution in [3.63, 3.8) is 0 Å². The number of pyridine rings is 1. The van der Waals surface area contributed by atoms with E-state index in [2.05, 4.69) is 4.98 Å². The van der Waals surface area contributed by atoms with Crippen LogP contribution in [0.15, 0.2) is 30.6 Å². The quantitative estimate of drug-likeness (QED) is 0.572. The van der Waals surface area contributed by atoms with Crippen molar-refractivity contribution >= 4 is 11.5 Å². The van der Waals surface area contributed by atoms with Crippen molar-refractivity contribution in [1.29, 1.82) is 0 Å². The minimum atomic E-state index is -0.964. The van der Waals surface area contributed by atoms with Crippen molar-refractivity contribution in [3.8, 4) is 0 Å². The van der Waals surface area contributed by atoms with E-state index in [9.17, 15) is 5.21 Å². The lowest BCUT2D eigenvalue weighted by atomic mass is 10.5. The molecule has 2 N–H and O–H groups in total. The summed E-state index contributed by atoms with van der Waals surface area (Å²) in [5.41, 5.74) is 0.648. The third-order valence-electron chi connectivity index (χ3n) is 1.64. The lowest BCUT2D eigenvalue weighted by molar-refractivity contribution is -0.993. The summed E-state index contributed by atoms with van der Waals surface area (Å²) in [6.07, 6.45) is 3.02. The van der Waals surface area contributed by atoms with Gasteiger partial charge in [-0.05, 0) is 12.1 Å². The fraction of sp³-hybridized carbons (Fsp3) is 0. The number of hydrogen-bond acceptors (Lipinski definition) is 3. The second-order valence-electron chi connectivity index (χ2n) is 2.38. The van der Waals surface area contributed by atoms with Gasteiger partial charge < -0.3 is 5.21 Å². The first kappa shape index (κ1) is 7.23. The van der Waals surface area contributed by atoms with Gasteiger partial charge in [0, 0.05) is 6.20 Å². The molecular formula is C7H7N3O2. The molecule has 0 aliphatic heterocycles. The molecule has 2 rings (SSSR count). The maximum atomic E-state index is 10.6. The molecule has 0 radical (unpaired) electrons. The lowest BCUT2D eigenvalue weighted by Gasteiger charge is -2.09. The number of hydrogen-bond donors (Lipinski definition) is 2. The zero-order chi connectivity index (χ0) is 8.55. The Labute approximate surface area is 68.0 Å². The highest BCUT2D eigenvalue weighted by Gasteiger charge is 2.06. The summed E-state index contributed by atoms with van der Waals surface area (Å²) >= 11 is 0. The molecule has 0 aromatic carbocycles. The molecule has 0 saturated carbocycles. The number of nitrogens with one attached hydrogen (secondary N) is 1. The summed E-state index contributed by atoms with van der Waals surface area (Å²) in [5.74, 6) is 0.186. The molecule has 2 aromatic rings. The van der Waals surface area contributed by atoms with Crippen molar-refractivity contribution in [2.75, 3.05) is 0 Å². The van der Waals surface area contributed by atoms with E-state index in [4.69, 9.17) is 5.21 Å². The van der Waals surface area contributed by atoms with Gasteiger partial charge in [-0.1, -0.05) is 6.07 Å². The maximum Gasteiger partial charge on any atom is 0.263 e. The van der Waals surface area contributed by atoms with Crippen molar-refractivity contribution < 1.29 is 10.4 Å². The molecule has 62 valence electrons. The Kier molecular flexibility index (Phi) is 1.54. The highest BCUT2D eigenvalue weighted by molar-refractivity contribution is 5.43. The fourth-order valence-corrected chi connectivity index (χ4v) is 1.09. The molecule has 0 fully saturated rings. The summed E-state index contributed by atoms with van der Waals surface area (Å²) in [6.45, 7) is 0. The average molecular weight is 165 g/mol. The number of imidazole rings is 1. The molecule has 0 aliphatic rings. The highest BCUT2D eigenvalue weighted by Crippen LogP contribution is 2.05. The van der Waals surface area contributed by atoms with Crippen LogP contribution in [0.1, 0.15) is 0 Å². The summed E-state index contributed by atoms with van der Waals surface area (Å²) in [4.78, 5) is 3.92. The van der Waals surface area contributed by atoms with Crippen LogP contribution in [0, 0.1) is 5.21 Å². The minimum absolute atomic E-state index is 0.186. The summed E-state index contributed by atoms with van der Waals surface area (Å²) in [7, 11) is 0. The van der Waals surface area contributed by atoms with Gasteiger partial charge in [-0.2, -0.15) is 5.23 Å². The normalized spacial score (nSPS) is 13.5. The van der Waals surface area contributed by atoms with Crippen LogP contribution >= 0.6 is 0 Å². The van der Waals surface area contributed by atoms with Gasteiger partial charge >= 0.3 is 0 Å². The molecule has 2 heterocycles. The molecule has 0 bridgehead atoms. The molecule has 2 aromatic heterocycles. The van der Waals surface area contributed by atoms with Crippen LogP contribution in [0.4, 0.5) is 5.82 Å². The van der Waals surface area contributed by atoms with Gasteiger partial charge in [-0.25, -0.2) is 10.2 Å². The predicted octanol–water partition coefficient (Wildman–Crippen LogP) is -0.262. The van der Waals surface area contributed by atoms with Crippen LogP contribution < -0.4 is 5.23 Å². The van der Waals surface area contributed by atoms with Crippen molar-refractivity contribution in [2.24, 2.45) is 0 Å². The lowest BCUT2D eigenvalue weighted by Crippen LogP contribution is -2.99. The van der Waals surface area contributed by atoms with E-state index in [0.29, 0.717) is 5.65 Å². The van der Waals surface area contributed by atoms with Crippen LogP contribution in [0.2, 0.25) is 0 Å². The van der Waals surface area contributed by atoms with Crippen molar-refractivity contribution in [2.45, 2.75) is 0 Å². The number of fused-ring (bicyclic) bond motifs is 1. The Hall–Kier alpha value is -1.43. The molecule has 0 saturated heterocycles. The van der Waals surface area contributed by atoms with E-state index < -0.39 is 5.23 Å². The minimum Gasteiger partial charge on any atom is -0.594 e. The van der Waals surface area contributed by atoms with E-state index >= 15 is 0 Å². The topological polar surface area (TPSA) is 65.0 Å². The van der Waals surface area contributed by atoms with Crippen LogP contribution in [0.3, 0.4) is 0 Å². The van der Waals surface area contributed by atoms with Crippen molar-refractivity contribution in [1.82, 2.24) is 9.38 Å². The second kappa shape index (κ2) is 2.56. The van der Waals surface area contributed by atoms with E-state index in [-0.39, 0.29) is 5.82 Å². The molecule has 0 spiro atoms. The summed E-state index contributed by atoms with van der Waals surface area (Å²) in [6, 6.07) is 5.33. The third-order valence-corrected chi connectivity index (χ3v) is 1.64. The Bertz CT molecular complexity index is 396. The molecule has 0 aliphatic carbocycles. The molecule has 5 nitrogen and oxygen atoms in total. The third kappa shape index (κ3) is 0.964. The van der Waals surface area contributed by atoms with Gasteiger partial charge in [0.15, 0.2) is 0 Å². The summed E-state index contributed by atoms with van der Waals surface area (Å²) in [5, 5.41) is 18.4. The van der Waals surface area contributed by atoms with E-state index in [1.165, 1.54) is 10.6 Å². The van der Waals surface area contributed by atoms with Gasteiger partial charge in [-0.3, -0.25) is 4.40 Å². The predicted molar refractivity (Wildman–Crippen MR) is 41.0 cm³/mol. The molecule has 0 amide bonds. The van der Waals surface area contributed by atoms with Crippen LogP contribution in [-0.2, 0) is 0 Å². The standard InChI is InChI=1S/C7H7N3O2/c11-10(12)7-5-8-6-3-1-2-4-9(6)7/h1-5,10-11H. The SMILES string of the molecule is [O-][NH+](O)c1cnc2ccccn12. The Morgan fingerprint density at radius 2 is 2.33 bits per heavy atom. The molecular weight excluding hydrogens is 158 g/mol. The molecule has 1 unspecified atom stereocenters. The fourth-order valence-electron chi connectivity index (χ4n) is 1.09. The second-order valence-corrected chi connectivity index (χ2v) is 2.38. The summed E-state index contributed by atoms with van der Waals surface area (Å²) < 4.78 is 1.53. The monoisotopic (exact) mass is 165 g/mol. The largest absolute Gasteiger partial charge is 0.594 e. The van der Waals surface area contributed by atoms with Gasteiger partial charge in [0.1, 0.15) is 11.8 Å². The Balaban J connectivity index is 2.70. The van der Waals surface area contributed by atoms with Gasteiger partial charge in [0.25, 0.3) is 5.82 Å². The van der Waals surface area contributed by atoms with Crippen LogP contribution in [0.5, 0.6) is 0 Å².